The van der Waals surface area contributed by atoms with Gasteiger partial charge in [0.05, 0.1) is 11.9 Å². The van der Waals surface area contributed by atoms with E-state index in [0.29, 0.717) is 12.0 Å². The van der Waals surface area contributed by atoms with E-state index in [1.54, 1.807) is 10.6 Å². The fraction of sp³-hybridized carbons (Fsp3) is 0.409. The van der Waals surface area contributed by atoms with Crippen molar-refractivity contribution in [1.29, 1.82) is 0 Å². The Balaban J connectivity index is 1.61. The number of aromatic nitrogens is 4. The fourth-order valence-electron chi connectivity index (χ4n) is 3.51. The van der Waals surface area contributed by atoms with Crippen LogP contribution in [-0.4, -0.2) is 19.3 Å². The van der Waals surface area contributed by atoms with Crippen molar-refractivity contribution in [2.45, 2.75) is 53.0 Å². The molecular weight excluding hydrogens is 336 g/mol. The number of rotatable bonds is 6. The van der Waals surface area contributed by atoms with Gasteiger partial charge in [-0.25, -0.2) is 4.68 Å². The SMILES string of the molecule is CCCn1cc(-n2cc(-c3cnc(CC4(C)CC4)cc3C)cn2)ccc1=O. The van der Waals surface area contributed by atoms with Crippen molar-refractivity contribution in [1.82, 2.24) is 19.3 Å². The summed E-state index contributed by atoms with van der Waals surface area (Å²) >= 11 is 0. The van der Waals surface area contributed by atoms with Crippen molar-refractivity contribution in [3.8, 4) is 16.8 Å². The Morgan fingerprint density at radius 3 is 2.70 bits per heavy atom. The summed E-state index contributed by atoms with van der Waals surface area (Å²) < 4.78 is 3.55. The average Bonchev–Trinajstić information content (AvgIpc) is 3.16. The van der Waals surface area contributed by atoms with Gasteiger partial charge < -0.3 is 4.57 Å². The highest BCUT2D eigenvalue weighted by molar-refractivity contribution is 5.65. The first-order chi connectivity index (χ1) is 13.0. The molecule has 0 aromatic carbocycles. The van der Waals surface area contributed by atoms with E-state index in [-0.39, 0.29) is 5.56 Å². The van der Waals surface area contributed by atoms with Crippen LogP contribution in [0, 0.1) is 12.3 Å². The summed E-state index contributed by atoms with van der Waals surface area (Å²) in [7, 11) is 0. The van der Waals surface area contributed by atoms with E-state index in [9.17, 15) is 4.79 Å². The minimum Gasteiger partial charge on any atom is -0.313 e. The standard InChI is InChI=1S/C22H26N4O/c1-4-9-25-15-19(5-6-21(25)27)26-14-17(12-24-26)20-13-23-18(10-16(20)2)11-22(3)7-8-22/h5-6,10,12-15H,4,7-9,11H2,1-3H3. The molecule has 0 radical (unpaired) electrons. The van der Waals surface area contributed by atoms with Gasteiger partial charge in [0.15, 0.2) is 0 Å². The molecule has 27 heavy (non-hydrogen) atoms. The number of nitrogens with zero attached hydrogens (tertiary/aromatic N) is 4. The molecule has 0 unspecified atom stereocenters. The molecule has 5 nitrogen and oxygen atoms in total. The number of pyridine rings is 2. The smallest absolute Gasteiger partial charge is 0.250 e. The van der Waals surface area contributed by atoms with Crippen LogP contribution in [0.25, 0.3) is 16.8 Å². The van der Waals surface area contributed by atoms with Gasteiger partial charge in [0.25, 0.3) is 5.56 Å². The Morgan fingerprint density at radius 2 is 2.00 bits per heavy atom. The molecule has 4 rings (SSSR count). The van der Waals surface area contributed by atoms with Gasteiger partial charge >= 0.3 is 0 Å². The average molecular weight is 362 g/mol. The second-order valence-electron chi connectivity index (χ2n) is 8.07. The number of hydrogen-bond donors (Lipinski definition) is 0. The van der Waals surface area contributed by atoms with Gasteiger partial charge in [0.1, 0.15) is 0 Å². The Labute approximate surface area is 159 Å². The number of aryl methyl sites for hydroxylation is 2. The van der Waals surface area contributed by atoms with E-state index in [1.807, 2.05) is 35.5 Å². The van der Waals surface area contributed by atoms with Crippen molar-refractivity contribution in [3.63, 3.8) is 0 Å². The van der Waals surface area contributed by atoms with Gasteiger partial charge in [0.2, 0.25) is 0 Å². The third kappa shape index (κ3) is 3.72. The Kier molecular flexibility index (Phi) is 4.46. The van der Waals surface area contributed by atoms with E-state index in [1.165, 1.54) is 24.1 Å². The van der Waals surface area contributed by atoms with Crippen LogP contribution in [0.4, 0.5) is 0 Å². The Hall–Kier alpha value is -2.69. The molecule has 1 saturated carbocycles. The number of hydrogen-bond acceptors (Lipinski definition) is 3. The topological polar surface area (TPSA) is 52.7 Å². The fourth-order valence-corrected chi connectivity index (χ4v) is 3.51. The summed E-state index contributed by atoms with van der Waals surface area (Å²) in [5.41, 5.74) is 5.92. The molecule has 0 bridgehead atoms. The van der Waals surface area contributed by atoms with Crippen LogP contribution in [-0.2, 0) is 13.0 Å². The second kappa shape index (κ2) is 6.80. The molecule has 140 valence electrons. The van der Waals surface area contributed by atoms with Crippen LogP contribution in [0.15, 0.2) is 47.8 Å². The van der Waals surface area contributed by atoms with Gasteiger partial charge in [-0.1, -0.05) is 13.8 Å². The lowest BCUT2D eigenvalue weighted by atomic mass is 9.99. The van der Waals surface area contributed by atoms with E-state index < -0.39 is 0 Å². The van der Waals surface area contributed by atoms with Crippen molar-refractivity contribution in [3.05, 3.63) is 64.6 Å². The zero-order valence-corrected chi connectivity index (χ0v) is 16.3. The zero-order valence-electron chi connectivity index (χ0n) is 16.3. The van der Waals surface area contributed by atoms with E-state index in [0.717, 1.165) is 29.7 Å². The molecule has 0 spiro atoms. The normalized spacial score (nSPS) is 15.1. The van der Waals surface area contributed by atoms with Gasteiger partial charge in [-0.3, -0.25) is 9.78 Å². The predicted octanol–water partition coefficient (Wildman–Crippen LogP) is 4.16. The lowest BCUT2D eigenvalue weighted by molar-refractivity contribution is 0.561. The summed E-state index contributed by atoms with van der Waals surface area (Å²) in [4.78, 5) is 16.6. The van der Waals surface area contributed by atoms with Crippen LogP contribution in [0.2, 0.25) is 0 Å². The Morgan fingerprint density at radius 1 is 1.19 bits per heavy atom. The molecular formula is C22H26N4O. The van der Waals surface area contributed by atoms with Crippen molar-refractivity contribution < 1.29 is 0 Å². The third-order valence-corrected chi connectivity index (χ3v) is 5.47. The van der Waals surface area contributed by atoms with Crippen LogP contribution in [0.3, 0.4) is 0 Å². The quantitative estimate of drug-likeness (QED) is 0.662. The first kappa shape index (κ1) is 17.7. The molecule has 0 saturated heterocycles. The van der Waals surface area contributed by atoms with Gasteiger partial charge in [-0.15, -0.1) is 0 Å². The molecule has 0 amide bonds. The zero-order chi connectivity index (χ0) is 19.0. The van der Waals surface area contributed by atoms with Gasteiger partial charge in [0, 0.05) is 48.0 Å². The molecule has 1 aliphatic carbocycles. The van der Waals surface area contributed by atoms with Crippen molar-refractivity contribution in [2.75, 3.05) is 0 Å². The summed E-state index contributed by atoms with van der Waals surface area (Å²) in [6.45, 7) is 7.24. The largest absolute Gasteiger partial charge is 0.313 e. The molecule has 1 fully saturated rings. The third-order valence-electron chi connectivity index (χ3n) is 5.47. The summed E-state index contributed by atoms with van der Waals surface area (Å²) in [6, 6.07) is 5.62. The molecule has 0 aliphatic heterocycles. The molecule has 3 heterocycles. The van der Waals surface area contributed by atoms with Gasteiger partial charge in [-0.2, -0.15) is 5.10 Å². The molecule has 0 atom stereocenters. The highest BCUT2D eigenvalue weighted by Crippen LogP contribution is 2.47. The first-order valence-electron chi connectivity index (χ1n) is 9.69. The van der Waals surface area contributed by atoms with Crippen molar-refractivity contribution >= 4 is 0 Å². The molecule has 0 N–H and O–H groups in total. The lowest BCUT2D eigenvalue weighted by Gasteiger charge is -2.10. The second-order valence-corrected chi connectivity index (χ2v) is 8.07. The minimum atomic E-state index is 0.0213. The maximum atomic E-state index is 11.9. The molecule has 3 aromatic heterocycles. The minimum absolute atomic E-state index is 0.0213. The van der Waals surface area contributed by atoms with Crippen molar-refractivity contribution in [2.24, 2.45) is 5.41 Å². The Bertz CT molecular complexity index is 1030. The highest BCUT2D eigenvalue weighted by atomic mass is 16.1. The van der Waals surface area contributed by atoms with E-state index in [2.05, 4.69) is 31.9 Å². The maximum Gasteiger partial charge on any atom is 0.250 e. The predicted molar refractivity (Wildman–Crippen MR) is 107 cm³/mol. The van der Waals surface area contributed by atoms with Crippen LogP contribution in [0.5, 0.6) is 0 Å². The highest BCUT2D eigenvalue weighted by Gasteiger charge is 2.37. The summed E-state index contributed by atoms with van der Waals surface area (Å²) in [5, 5.41) is 4.50. The molecule has 3 aromatic rings. The maximum absolute atomic E-state index is 11.9. The van der Waals surface area contributed by atoms with Crippen LogP contribution < -0.4 is 5.56 Å². The van der Waals surface area contributed by atoms with E-state index in [4.69, 9.17) is 4.98 Å². The summed E-state index contributed by atoms with van der Waals surface area (Å²) in [6.07, 6.45) is 12.3. The molecule has 1 aliphatic rings. The van der Waals surface area contributed by atoms with E-state index >= 15 is 0 Å². The summed E-state index contributed by atoms with van der Waals surface area (Å²) in [5.74, 6) is 0. The van der Waals surface area contributed by atoms with Crippen LogP contribution in [0.1, 0.15) is 44.4 Å². The first-order valence-corrected chi connectivity index (χ1v) is 9.69. The van der Waals surface area contributed by atoms with Gasteiger partial charge in [-0.05, 0) is 55.7 Å². The van der Waals surface area contributed by atoms with Crippen LogP contribution >= 0.6 is 0 Å². The lowest BCUT2D eigenvalue weighted by Crippen LogP contribution is -2.19. The monoisotopic (exact) mass is 362 g/mol. The molecule has 5 heteroatoms.